The van der Waals surface area contributed by atoms with E-state index in [0.29, 0.717) is 11.8 Å². The van der Waals surface area contributed by atoms with Crippen LogP contribution in [0.1, 0.15) is 72.9 Å². The van der Waals surface area contributed by atoms with Gasteiger partial charge < -0.3 is 0 Å². The molecule has 0 saturated heterocycles. The van der Waals surface area contributed by atoms with Crippen molar-refractivity contribution >= 4 is 22.3 Å². The summed E-state index contributed by atoms with van der Waals surface area (Å²) in [6.07, 6.45) is 10.5. The molecule has 1 saturated carbocycles. The Balaban J connectivity index is 1.69. The molecular formula is C28H24. The molecule has 0 nitrogen and oxygen atoms in total. The maximum absolute atomic E-state index is 2.62. The van der Waals surface area contributed by atoms with Crippen LogP contribution in [0, 0.1) is 10.8 Å². The fourth-order valence-corrected chi connectivity index (χ4v) is 7.79. The summed E-state index contributed by atoms with van der Waals surface area (Å²) < 4.78 is 0. The van der Waals surface area contributed by atoms with Gasteiger partial charge in [-0.15, -0.1) is 0 Å². The number of hydrogen-bond acceptors (Lipinski definition) is 0. The third-order valence-corrected chi connectivity index (χ3v) is 8.35. The average Bonchev–Trinajstić information content (AvgIpc) is 2.65. The van der Waals surface area contributed by atoms with Crippen LogP contribution in [-0.4, -0.2) is 0 Å². The Kier molecular flexibility index (Phi) is 2.38. The van der Waals surface area contributed by atoms with Crippen LogP contribution < -0.4 is 0 Å². The van der Waals surface area contributed by atoms with Crippen molar-refractivity contribution in [3.8, 4) is 0 Å². The first-order valence-corrected chi connectivity index (χ1v) is 10.5. The zero-order valence-corrected chi connectivity index (χ0v) is 16.9. The number of hydrogen-bond donors (Lipinski definition) is 0. The molecule has 0 radical (unpaired) electrons. The molecule has 0 unspecified atom stereocenters. The quantitative estimate of drug-likeness (QED) is 0.466. The van der Waals surface area contributed by atoms with Crippen LogP contribution in [0.25, 0.3) is 22.3 Å². The summed E-state index contributed by atoms with van der Waals surface area (Å²) >= 11 is 0. The number of allylic oxidation sites excluding steroid dienone is 8. The molecule has 5 aliphatic rings. The minimum atomic E-state index is 0.120. The molecule has 0 bridgehead atoms. The molecule has 0 aliphatic heterocycles. The Morgan fingerprint density at radius 3 is 1.07 bits per heavy atom. The highest BCUT2D eigenvalue weighted by Gasteiger charge is 2.72. The van der Waals surface area contributed by atoms with E-state index in [1.165, 1.54) is 44.5 Å². The van der Waals surface area contributed by atoms with Crippen LogP contribution in [0.15, 0.2) is 60.7 Å². The SMILES string of the molecule is CC1=CC23C=C(C)c4cccc5c4C2C2(C=C(C)c4cccc1c4C32)C=C5C. The van der Waals surface area contributed by atoms with Gasteiger partial charge in [0, 0.05) is 22.7 Å². The Bertz CT molecular complexity index is 1070. The van der Waals surface area contributed by atoms with E-state index in [9.17, 15) is 0 Å². The molecule has 0 N–H and O–H groups in total. The normalized spacial score (nSPS) is 34.9. The standard InChI is InChI=1S/C28H24/c1-15-11-27-12-16(2)21-9-6-10-22-18(4)14-28(26(27)24(21)22)13-17(3)20-8-5-7-19(15)23(20)25(27)28/h5-14,25-26H,1-4H3. The van der Waals surface area contributed by atoms with E-state index >= 15 is 0 Å². The van der Waals surface area contributed by atoms with Gasteiger partial charge in [-0.2, -0.15) is 0 Å². The Morgan fingerprint density at radius 1 is 0.500 bits per heavy atom. The summed E-state index contributed by atoms with van der Waals surface area (Å²) in [5.41, 5.74) is 15.1. The van der Waals surface area contributed by atoms with Crippen molar-refractivity contribution in [3.63, 3.8) is 0 Å². The van der Waals surface area contributed by atoms with Gasteiger partial charge in [0.25, 0.3) is 0 Å². The van der Waals surface area contributed by atoms with Crippen molar-refractivity contribution in [1.29, 1.82) is 0 Å². The molecule has 2 aromatic carbocycles. The molecular weight excluding hydrogens is 336 g/mol. The molecule has 136 valence electrons. The summed E-state index contributed by atoms with van der Waals surface area (Å²) in [6.45, 7) is 9.29. The molecule has 7 rings (SSSR count). The summed E-state index contributed by atoms with van der Waals surface area (Å²) in [7, 11) is 0. The lowest BCUT2D eigenvalue weighted by Crippen LogP contribution is -2.62. The fourth-order valence-electron chi connectivity index (χ4n) is 7.79. The van der Waals surface area contributed by atoms with Crippen LogP contribution in [0.3, 0.4) is 0 Å². The molecule has 0 aromatic heterocycles. The highest BCUT2D eigenvalue weighted by Crippen LogP contribution is 2.82. The van der Waals surface area contributed by atoms with E-state index in [4.69, 9.17) is 0 Å². The second kappa shape index (κ2) is 4.35. The Hall–Kier alpha value is -2.60. The van der Waals surface area contributed by atoms with Crippen LogP contribution in [-0.2, 0) is 0 Å². The molecule has 2 spiro atoms. The van der Waals surface area contributed by atoms with E-state index in [2.05, 4.69) is 88.4 Å². The van der Waals surface area contributed by atoms with Gasteiger partial charge in [-0.05, 0) is 83.4 Å². The van der Waals surface area contributed by atoms with Gasteiger partial charge in [-0.3, -0.25) is 0 Å². The van der Waals surface area contributed by atoms with E-state index in [-0.39, 0.29) is 10.8 Å². The summed E-state index contributed by atoms with van der Waals surface area (Å²) in [6, 6.07) is 13.9. The molecule has 1 fully saturated rings. The lowest BCUT2D eigenvalue weighted by Gasteiger charge is -2.72. The average molecular weight is 361 g/mol. The first-order chi connectivity index (χ1) is 13.5. The highest BCUT2D eigenvalue weighted by atomic mass is 14.7. The topological polar surface area (TPSA) is 0 Å². The van der Waals surface area contributed by atoms with E-state index in [1.54, 1.807) is 11.1 Å². The Labute approximate surface area is 167 Å². The van der Waals surface area contributed by atoms with Gasteiger partial charge in [-0.1, -0.05) is 60.7 Å². The monoisotopic (exact) mass is 360 g/mol. The third kappa shape index (κ3) is 1.35. The maximum atomic E-state index is 2.62. The van der Waals surface area contributed by atoms with Crippen LogP contribution in [0.2, 0.25) is 0 Å². The van der Waals surface area contributed by atoms with Gasteiger partial charge in [0.1, 0.15) is 0 Å². The zero-order valence-electron chi connectivity index (χ0n) is 16.9. The maximum Gasteiger partial charge on any atom is 0.0234 e. The van der Waals surface area contributed by atoms with Crippen molar-refractivity contribution in [1.82, 2.24) is 0 Å². The second-order valence-electron chi connectivity index (χ2n) is 9.71. The zero-order chi connectivity index (χ0) is 19.0. The van der Waals surface area contributed by atoms with Gasteiger partial charge in [-0.25, -0.2) is 0 Å². The predicted molar refractivity (Wildman–Crippen MR) is 118 cm³/mol. The van der Waals surface area contributed by atoms with E-state index < -0.39 is 0 Å². The van der Waals surface area contributed by atoms with Crippen molar-refractivity contribution in [2.24, 2.45) is 10.8 Å². The molecule has 0 heterocycles. The summed E-state index contributed by atoms with van der Waals surface area (Å²) in [5, 5.41) is 0. The van der Waals surface area contributed by atoms with Crippen molar-refractivity contribution in [2.45, 2.75) is 39.5 Å². The van der Waals surface area contributed by atoms with Crippen LogP contribution >= 0.6 is 0 Å². The van der Waals surface area contributed by atoms with Gasteiger partial charge in [0.15, 0.2) is 0 Å². The first-order valence-electron chi connectivity index (χ1n) is 10.5. The number of benzene rings is 2. The lowest BCUT2D eigenvalue weighted by molar-refractivity contribution is 0.0254. The molecule has 0 heteroatoms. The largest absolute Gasteiger partial charge is 0.0697 e. The van der Waals surface area contributed by atoms with Gasteiger partial charge >= 0.3 is 0 Å². The fraction of sp³-hybridized carbons (Fsp3) is 0.286. The molecule has 5 aliphatic carbocycles. The second-order valence-corrected chi connectivity index (χ2v) is 9.71. The third-order valence-electron chi connectivity index (χ3n) is 8.35. The first kappa shape index (κ1) is 15.3. The van der Waals surface area contributed by atoms with Crippen molar-refractivity contribution < 1.29 is 0 Å². The summed E-state index contributed by atoms with van der Waals surface area (Å²) in [4.78, 5) is 0. The molecule has 2 aromatic rings. The number of rotatable bonds is 0. The van der Waals surface area contributed by atoms with Crippen molar-refractivity contribution in [3.05, 3.63) is 94.1 Å². The van der Waals surface area contributed by atoms with Crippen molar-refractivity contribution in [2.75, 3.05) is 0 Å². The van der Waals surface area contributed by atoms with Gasteiger partial charge in [0.2, 0.25) is 0 Å². The molecule has 0 atom stereocenters. The minimum absolute atomic E-state index is 0.120. The van der Waals surface area contributed by atoms with Crippen LogP contribution in [0.4, 0.5) is 0 Å². The van der Waals surface area contributed by atoms with Crippen LogP contribution in [0.5, 0.6) is 0 Å². The molecule has 0 amide bonds. The minimum Gasteiger partial charge on any atom is -0.0697 e. The highest BCUT2D eigenvalue weighted by molar-refractivity contribution is 5.91. The van der Waals surface area contributed by atoms with Gasteiger partial charge in [0.05, 0.1) is 0 Å². The smallest absolute Gasteiger partial charge is 0.0234 e. The summed E-state index contributed by atoms with van der Waals surface area (Å²) in [5.74, 6) is 1.05. The molecule has 28 heavy (non-hydrogen) atoms. The predicted octanol–water partition coefficient (Wildman–Crippen LogP) is 7.21. The lowest BCUT2D eigenvalue weighted by atomic mass is 9.30. The van der Waals surface area contributed by atoms with E-state index in [0.717, 1.165) is 0 Å². The van der Waals surface area contributed by atoms with E-state index in [1.807, 2.05) is 0 Å². The Morgan fingerprint density at radius 2 is 0.786 bits per heavy atom.